The van der Waals surface area contributed by atoms with Crippen molar-refractivity contribution >= 4 is 23.4 Å². The fourth-order valence-corrected chi connectivity index (χ4v) is 1.54. The van der Waals surface area contributed by atoms with Crippen molar-refractivity contribution in [2.24, 2.45) is 11.3 Å². The number of halogens is 1. The fourth-order valence-electron chi connectivity index (χ4n) is 1.42. The lowest BCUT2D eigenvalue weighted by atomic mass is 9.93. The van der Waals surface area contributed by atoms with Gasteiger partial charge in [0.15, 0.2) is 0 Å². The van der Waals surface area contributed by atoms with Gasteiger partial charge in [-0.2, -0.15) is 0 Å². The Hall–Kier alpha value is -0.770. The van der Waals surface area contributed by atoms with Gasteiger partial charge in [0.05, 0.1) is 5.41 Å². The molecule has 0 aromatic rings. The Morgan fingerprint density at radius 3 is 2.11 bits per heavy atom. The molecule has 0 fully saturated rings. The van der Waals surface area contributed by atoms with Crippen LogP contribution in [0.15, 0.2) is 0 Å². The van der Waals surface area contributed by atoms with E-state index in [1.54, 1.807) is 27.9 Å². The van der Waals surface area contributed by atoms with Crippen LogP contribution in [0.25, 0.3) is 0 Å². The molecule has 0 aliphatic carbocycles. The fraction of sp³-hybridized carbons (Fsp3) is 0.846. The van der Waals surface area contributed by atoms with Crippen LogP contribution in [0.5, 0.6) is 0 Å². The van der Waals surface area contributed by atoms with Gasteiger partial charge in [0.25, 0.3) is 0 Å². The van der Waals surface area contributed by atoms with Crippen molar-refractivity contribution in [3.8, 4) is 0 Å². The van der Waals surface area contributed by atoms with E-state index in [1.165, 1.54) is 4.90 Å². The summed E-state index contributed by atoms with van der Waals surface area (Å²) in [6.07, 6.45) is 0.626. The molecule has 18 heavy (non-hydrogen) atoms. The van der Waals surface area contributed by atoms with Crippen LogP contribution in [0.4, 0.5) is 0 Å². The van der Waals surface area contributed by atoms with E-state index >= 15 is 0 Å². The van der Waals surface area contributed by atoms with E-state index in [9.17, 15) is 9.59 Å². The lowest BCUT2D eigenvalue weighted by Crippen LogP contribution is -2.51. The van der Waals surface area contributed by atoms with Crippen molar-refractivity contribution in [2.45, 2.75) is 40.2 Å². The normalized spacial score (nSPS) is 13.3. The van der Waals surface area contributed by atoms with Crippen LogP contribution < -0.4 is 5.32 Å². The van der Waals surface area contributed by atoms with Crippen LogP contribution in [0.3, 0.4) is 0 Å². The van der Waals surface area contributed by atoms with Gasteiger partial charge in [-0.15, -0.1) is 11.6 Å². The maximum absolute atomic E-state index is 12.0. The highest BCUT2D eigenvalue weighted by molar-refractivity contribution is 6.19. The Kier molecular flexibility index (Phi) is 6.68. The first kappa shape index (κ1) is 17.2. The van der Waals surface area contributed by atoms with Crippen molar-refractivity contribution in [3.63, 3.8) is 0 Å². The van der Waals surface area contributed by atoms with Crippen LogP contribution in [0.2, 0.25) is 0 Å². The molecule has 0 aliphatic heterocycles. The lowest BCUT2D eigenvalue weighted by Gasteiger charge is -2.27. The quantitative estimate of drug-likeness (QED) is 0.753. The van der Waals surface area contributed by atoms with Crippen molar-refractivity contribution in [1.29, 1.82) is 0 Å². The number of nitrogens with zero attached hydrogens (tertiary/aromatic N) is 1. The molecule has 0 saturated carbocycles. The molecule has 4 nitrogen and oxygen atoms in total. The highest BCUT2D eigenvalue weighted by Gasteiger charge is 2.31. The minimum Gasteiger partial charge on any atom is -0.347 e. The molecular formula is C13H25ClN2O2. The Labute approximate surface area is 115 Å². The molecule has 0 aromatic carbocycles. The Bertz CT molecular complexity index is 301. The average molecular weight is 277 g/mol. The summed E-state index contributed by atoms with van der Waals surface area (Å²) in [5.41, 5.74) is -0.663. The first-order chi connectivity index (χ1) is 8.11. The largest absolute Gasteiger partial charge is 0.347 e. The summed E-state index contributed by atoms with van der Waals surface area (Å²) >= 11 is 5.76. The molecule has 1 N–H and O–H groups in total. The molecule has 0 saturated heterocycles. The molecule has 5 heteroatoms. The second-order valence-corrected chi connectivity index (χ2v) is 6.17. The highest BCUT2D eigenvalue weighted by atomic mass is 35.5. The maximum Gasteiger partial charge on any atom is 0.244 e. The zero-order valence-electron chi connectivity index (χ0n) is 12.2. The van der Waals surface area contributed by atoms with E-state index < -0.39 is 11.5 Å². The summed E-state index contributed by atoms with van der Waals surface area (Å²) in [4.78, 5) is 25.6. The monoisotopic (exact) mass is 276 g/mol. The summed E-state index contributed by atoms with van der Waals surface area (Å²) in [6, 6.07) is -0.477. The van der Waals surface area contributed by atoms with Gasteiger partial charge in [-0.25, -0.2) is 0 Å². The van der Waals surface area contributed by atoms with Crippen LogP contribution in [-0.4, -0.2) is 42.7 Å². The third kappa shape index (κ3) is 5.25. The number of carbonyl (C=O) groups excluding carboxylic acids is 2. The van der Waals surface area contributed by atoms with Crippen molar-refractivity contribution in [1.82, 2.24) is 10.2 Å². The highest BCUT2D eigenvalue weighted by Crippen LogP contribution is 2.18. The summed E-state index contributed by atoms with van der Waals surface area (Å²) in [5.74, 6) is 0.294. The molecular weight excluding hydrogens is 252 g/mol. The number of likely N-dealkylation sites (N-methyl/N-ethyl adjacent to an activating group) is 1. The van der Waals surface area contributed by atoms with Gasteiger partial charge in [0, 0.05) is 20.0 Å². The number of nitrogens with one attached hydrogen (secondary N) is 1. The third-order valence-corrected chi connectivity index (χ3v) is 3.37. The Morgan fingerprint density at radius 2 is 1.78 bits per heavy atom. The predicted molar refractivity (Wildman–Crippen MR) is 74.6 cm³/mol. The van der Waals surface area contributed by atoms with E-state index in [0.717, 1.165) is 0 Å². The van der Waals surface area contributed by atoms with Gasteiger partial charge < -0.3 is 10.2 Å². The van der Waals surface area contributed by atoms with Crippen molar-refractivity contribution < 1.29 is 9.59 Å². The van der Waals surface area contributed by atoms with E-state index in [1.807, 2.05) is 13.8 Å². The minimum atomic E-state index is -0.663. The molecule has 0 aliphatic rings. The minimum absolute atomic E-state index is 0.0811. The number of alkyl halides is 1. The molecule has 0 rings (SSSR count). The maximum atomic E-state index is 12.0. The Morgan fingerprint density at radius 1 is 1.28 bits per heavy atom. The molecule has 1 unspecified atom stereocenters. The molecule has 1 atom stereocenters. The van der Waals surface area contributed by atoms with Gasteiger partial charge in [0.1, 0.15) is 6.04 Å². The number of amides is 2. The number of hydrogen-bond donors (Lipinski definition) is 1. The molecule has 2 amide bonds. The SMILES string of the molecule is CC(C)CC(NC(=O)C(C)(C)CCl)C(=O)N(C)C. The van der Waals surface area contributed by atoms with Crippen LogP contribution >= 0.6 is 11.6 Å². The van der Waals surface area contributed by atoms with E-state index in [4.69, 9.17) is 11.6 Å². The van der Waals surface area contributed by atoms with Crippen molar-refractivity contribution in [3.05, 3.63) is 0 Å². The van der Waals surface area contributed by atoms with E-state index in [-0.39, 0.29) is 17.7 Å². The Balaban J connectivity index is 4.80. The topological polar surface area (TPSA) is 49.4 Å². The first-order valence-electron chi connectivity index (χ1n) is 6.20. The zero-order valence-corrected chi connectivity index (χ0v) is 13.0. The molecule has 0 spiro atoms. The third-order valence-electron chi connectivity index (χ3n) is 2.70. The second-order valence-electron chi connectivity index (χ2n) is 5.91. The second kappa shape index (κ2) is 6.98. The van der Waals surface area contributed by atoms with Crippen LogP contribution in [0.1, 0.15) is 34.1 Å². The van der Waals surface area contributed by atoms with Crippen LogP contribution in [0, 0.1) is 11.3 Å². The number of carbonyl (C=O) groups is 2. The predicted octanol–water partition coefficient (Wildman–Crippen LogP) is 1.87. The molecule has 0 aromatic heterocycles. The summed E-state index contributed by atoms with van der Waals surface area (Å²) in [7, 11) is 3.38. The van der Waals surface area contributed by atoms with Gasteiger partial charge >= 0.3 is 0 Å². The first-order valence-corrected chi connectivity index (χ1v) is 6.73. The van der Waals surface area contributed by atoms with Crippen molar-refractivity contribution in [2.75, 3.05) is 20.0 Å². The van der Waals surface area contributed by atoms with E-state index in [0.29, 0.717) is 12.3 Å². The summed E-state index contributed by atoms with van der Waals surface area (Å²) in [6.45, 7) is 7.58. The molecule has 0 bridgehead atoms. The zero-order chi connectivity index (χ0) is 14.5. The van der Waals surface area contributed by atoms with Gasteiger partial charge in [-0.3, -0.25) is 9.59 Å². The summed E-state index contributed by atoms with van der Waals surface area (Å²) in [5, 5.41) is 2.81. The van der Waals surface area contributed by atoms with Gasteiger partial charge in [0.2, 0.25) is 11.8 Å². The molecule has 0 radical (unpaired) electrons. The standard InChI is InChI=1S/C13H25ClN2O2/c1-9(2)7-10(11(17)16(5)6)15-12(18)13(3,4)8-14/h9-10H,7-8H2,1-6H3,(H,15,18). The smallest absolute Gasteiger partial charge is 0.244 e. The average Bonchev–Trinajstić information content (AvgIpc) is 2.26. The van der Waals surface area contributed by atoms with Crippen LogP contribution in [-0.2, 0) is 9.59 Å². The van der Waals surface area contributed by atoms with E-state index in [2.05, 4.69) is 5.32 Å². The molecule has 106 valence electrons. The number of hydrogen-bond acceptors (Lipinski definition) is 2. The lowest BCUT2D eigenvalue weighted by molar-refractivity contribution is -0.137. The molecule has 0 heterocycles. The van der Waals surface area contributed by atoms with Gasteiger partial charge in [-0.1, -0.05) is 13.8 Å². The number of rotatable bonds is 6. The van der Waals surface area contributed by atoms with Gasteiger partial charge in [-0.05, 0) is 26.2 Å². The summed E-state index contributed by atoms with van der Waals surface area (Å²) < 4.78 is 0.